The molecule has 6 heteroatoms. The van der Waals surface area contributed by atoms with Crippen molar-refractivity contribution in [2.45, 2.75) is 19.3 Å². The van der Waals surface area contributed by atoms with Crippen molar-refractivity contribution in [3.63, 3.8) is 0 Å². The first kappa shape index (κ1) is 14.9. The van der Waals surface area contributed by atoms with E-state index >= 15 is 0 Å². The third kappa shape index (κ3) is 2.95. The van der Waals surface area contributed by atoms with Gasteiger partial charge in [0.15, 0.2) is 11.5 Å². The first-order valence-electron chi connectivity index (χ1n) is 7.19. The van der Waals surface area contributed by atoms with Crippen LogP contribution in [-0.4, -0.2) is 30.7 Å². The van der Waals surface area contributed by atoms with Gasteiger partial charge in [-0.15, -0.1) is 0 Å². The third-order valence-electron chi connectivity index (χ3n) is 3.79. The first-order valence-corrected chi connectivity index (χ1v) is 7.98. The zero-order valence-corrected chi connectivity index (χ0v) is 13.6. The normalized spacial score (nSPS) is 17.3. The number of benzene rings is 1. The van der Waals surface area contributed by atoms with Gasteiger partial charge in [-0.3, -0.25) is 4.79 Å². The van der Waals surface area contributed by atoms with Crippen molar-refractivity contribution in [3.8, 4) is 17.6 Å². The molecule has 0 aromatic heterocycles. The van der Waals surface area contributed by atoms with Gasteiger partial charge in [-0.1, -0.05) is 15.9 Å². The van der Waals surface area contributed by atoms with E-state index in [2.05, 4.69) is 15.9 Å². The number of fused-ring (bicyclic) bond motifs is 1. The summed E-state index contributed by atoms with van der Waals surface area (Å²) in [6.07, 6.45) is 4.74. The molecule has 2 aliphatic heterocycles. The monoisotopic (exact) mass is 362 g/mol. The highest BCUT2D eigenvalue weighted by Crippen LogP contribution is 2.37. The predicted molar refractivity (Wildman–Crippen MR) is 84.3 cm³/mol. The minimum atomic E-state index is -0.202. The molecule has 0 unspecified atom stereocenters. The van der Waals surface area contributed by atoms with Crippen LogP contribution in [0, 0.1) is 11.3 Å². The SMILES string of the molecule is N#C/C(=C/c1cc2c(cc1Br)OCO2)C(=O)N1CCCCC1. The van der Waals surface area contributed by atoms with Crippen molar-refractivity contribution >= 4 is 27.9 Å². The van der Waals surface area contributed by atoms with E-state index in [4.69, 9.17) is 9.47 Å². The Morgan fingerprint density at radius 1 is 1.23 bits per heavy atom. The molecule has 0 spiro atoms. The van der Waals surface area contributed by atoms with E-state index < -0.39 is 0 Å². The number of hydrogen-bond donors (Lipinski definition) is 0. The predicted octanol–water partition coefficient (Wildman–Crippen LogP) is 3.10. The number of rotatable bonds is 2. The summed E-state index contributed by atoms with van der Waals surface area (Å²) < 4.78 is 11.4. The summed E-state index contributed by atoms with van der Waals surface area (Å²) in [5.41, 5.74) is 0.868. The molecule has 3 rings (SSSR count). The van der Waals surface area contributed by atoms with Crippen LogP contribution in [0.5, 0.6) is 11.5 Å². The van der Waals surface area contributed by atoms with Gasteiger partial charge in [-0.2, -0.15) is 5.26 Å². The first-order chi connectivity index (χ1) is 10.7. The van der Waals surface area contributed by atoms with Crippen molar-refractivity contribution in [2.75, 3.05) is 19.9 Å². The Balaban J connectivity index is 1.88. The fourth-order valence-corrected chi connectivity index (χ4v) is 3.05. The second-order valence-corrected chi connectivity index (χ2v) is 6.10. The molecule has 1 fully saturated rings. The molecular weight excluding hydrogens is 348 g/mol. The molecule has 0 N–H and O–H groups in total. The number of carbonyl (C=O) groups is 1. The smallest absolute Gasteiger partial charge is 0.264 e. The Labute approximate surface area is 137 Å². The molecule has 2 heterocycles. The van der Waals surface area contributed by atoms with Gasteiger partial charge in [0.05, 0.1) is 0 Å². The molecule has 1 amide bonds. The average molecular weight is 363 g/mol. The number of likely N-dealkylation sites (tertiary alicyclic amines) is 1. The van der Waals surface area contributed by atoms with Crippen molar-refractivity contribution < 1.29 is 14.3 Å². The largest absolute Gasteiger partial charge is 0.454 e. The lowest BCUT2D eigenvalue weighted by atomic mass is 10.1. The summed E-state index contributed by atoms with van der Waals surface area (Å²) in [4.78, 5) is 14.2. The number of piperidine rings is 1. The Kier molecular flexibility index (Phi) is 4.34. The second kappa shape index (κ2) is 6.41. The van der Waals surface area contributed by atoms with Crippen LogP contribution in [0.3, 0.4) is 0 Å². The average Bonchev–Trinajstić information content (AvgIpc) is 2.99. The minimum Gasteiger partial charge on any atom is -0.454 e. The summed E-state index contributed by atoms with van der Waals surface area (Å²) in [6, 6.07) is 5.58. The van der Waals surface area contributed by atoms with E-state index in [1.807, 2.05) is 6.07 Å². The fourth-order valence-electron chi connectivity index (χ4n) is 2.61. The van der Waals surface area contributed by atoms with Gasteiger partial charge in [0.25, 0.3) is 5.91 Å². The zero-order chi connectivity index (χ0) is 15.5. The molecule has 0 atom stereocenters. The highest BCUT2D eigenvalue weighted by Gasteiger charge is 2.21. The van der Waals surface area contributed by atoms with Gasteiger partial charge >= 0.3 is 0 Å². The van der Waals surface area contributed by atoms with Gasteiger partial charge in [0, 0.05) is 17.6 Å². The molecule has 5 nitrogen and oxygen atoms in total. The van der Waals surface area contributed by atoms with Crippen LogP contribution >= 0.6 is 15.9 Å². The number of hydrogen-bond acceptors (Lipinski definition) is 4. The lowest BCUT2D eigenvalue weighted by Gasteiger charge is -2.26. The quantitative estimate of drug-likeness (QED) is 0.598. The number of amides is 1. The van der Waals surface area contributed by atoms with E-state index in [0.29, 0.717) is 11.5 Å². The summed E-state index contributed by atoms with van der Waals surface area (Å²) >= 11 is 3.44. The molecule has 0 radical (unpaired) electrons. The molecule has 0 saturated carbocycles. The van der Waals surface area contributed by atoms with E-state index in [9.17, 15) is 10.1 Å². The molecule has 1 aromatic carbocycles. The maximum absolute atomic E-state index is 12.4. The minimum absolute atomic E-state index is 0.140. The van der Waals surface area contributed by atoms with E-state index in [1.54, 1.807) is 23.1 Å². The molecule has 0 bridgehead atoms. The molecule has 2 aliphatic rings. The molecule has 1 aromatic rings. The van der Waals surface area contributed by atoms with Gasteiger partial charge in [0.2, 0.25) is 6.79 Å². The number of nitrogens with zero attached hydrogens (tertiary/aromatic N) is 2. The number of nitriles is 1. The maximum Gasteiger partial charge on any atom is 0.264 e. The number of halogens is 1. The van der Waals surface area contributed by atoms with Crippen molar-refractivity contribution in [2.24, 2.45) is 0 Å². The fraction of sp³-hybridized carbons (Fsp3) is 0.375. The Morgan fingerprint density at radius 2 is 1.91 bits per heavy atom. The van der Waals surface area contributed by atoms with Crippen LogP contribution in [0.25, 0.3) is 6.08 Å². The topological polar surface area (TPSA) is 62.6 Å². The molecule has 1 saturated heterocycles. The zero-order valence-electron chi connectivity index (χ0n) is 12.0. The van der Waals surface area contributed by atoms with Crippen LogP contribution in [0.2, 0.25) is 0 Å². The highest BCUT2D eigenvalue weighted by atomic mass is 79.9. The van der Waals surface area contributed by atoms with Crippen molar-refractivity contribution in [1.29, 1.82) is 5.26 Å². The molecule has 22 heavy (non-hydrogen) atoms. The Bertz CT molecular complexity index is 673. The summed E-state index contributed by atoms with van der Waals surface area (Å²) in [6.45, 7) is 1.63. The van der Waals surface area contributed by atoms with Gasteiger partial charge in [-0.25, -0.2) is 0 Å². The lowest BCUT2D eigenvalue weighted by molar-refractivity contribution is -0.127. The van der Waals surface area contributed by atoms with Crippen LogP contribution in [0.4, 0.5) is 0 Å². The third-order valence-corrected chi connectivity index (χ3v) is 4.47. The van der Waals surface area contributed by atoms with Crippen molar-refractivity contribution in [3.05, 3.63) is 27.7 Å². The van der Waals surface area contributed by atoms with Crippen LogP contribution in [-0.2, 0) is 4.79 Å². The molecular formula is C16H15BrN2O3. The maximum atomic E-state index is 12.4. The van der Waals surface area contributed by atoms with E-state index in [1.165, 1.54) is 0 Å². The second-order valence-electron chi connectivity index (χ2n) is 5.25. The Morgan fingerprint density at radius 3 is 2.59 bits per heavy atom. The standard InChI is InChI=1S/C16H15BrN2O3/c17-13-8-15-14(21-10-22-15)7-11(13)6-12(9-18)16(20)19-4-2-1-3-5-19/h6-8H,1-5,10H2/b12-6-. The summed E-state index contributed by atoms with van der Waals surface area (Å²) in [5, 5.41) is 9.34. The number of ether oxygens (including phenoxy) is 2. The molecule has 114 valence electrons. The Hall–Kier alpha value is -2.00. The van der Waals surface area contributed by atoms with Gasteiger partial charge in [0.1, 0.15) is 11.6 Å². The molecule has 0 aliphatic carbocycles. The van der Waals surface area contributed by atoms with Crippen LogP contribution in [0.15, 0.2) is 22.2 Å². The van der Waals surface area contributed by atoms with Crippen LogP contribution < -0.4 is 9.47 Å². The highest BCUT2D eigenvalue weighted by molar-refractivity contribution is 9.10. The summed E-state index contributed by atoms with van der Waals surface area (Å²) in [5.74, 6) is 1.08. The van der Waals surface area contributed by atoms with Crippen molar-refractivity contribution in [1.82, 2.24) is 4.90 Å². The number of carbonyl (C=O) groups excluding carboxylic acids is 1. The summed E-state index contributed by atoms with van der Waals surface area (Å²) in [7, 11) is 0. The van der Waals surface area contributed by atoms with Gasteiger partial charge in [-0.05, 0) is 43.0 Å². The van der Waals surface area contributed by atoms with Gasteiger partial charge < -0.3 is 14.4 Å². The van der Waals surface area contributed by atoms with E-state index in [0.717, 1.165) is 42.4 Å². The lowest BCUT2D eigenvalue weighted by Crippen LogP contribution is -2.36. The van der Waals surface area contributed by atoms with Crippen LogP contribution in [0.1, 0.15) is 24.8 Å². The van der Waals surface area contributed by atoms with E-state index in [-0.39, 0.29) is 18.3 Å².